The first kappa shape index (κ1) is 24.0. The Morgan fingerprint density at radius 1 is 1.23 bits per heavy atom. The molecule has 0 unspecified atom stereocenters. The molecule has 174 valence electrons. The number of fused-ring (bicyclic) bond motifs is 5. The van der Waals surface area contributed by atoms with E-state index in [1.807, 2.05) is 13.8 Å². The van der Waals surface area contributed by atoms with Gasteiger partial charge in [-0.15, -0.1) is 0 Å². The molecule has 2 heterocycles. The summed E-state index contributed by atoms with van der Waals surface area (Å²) >= 11 is 0. The van der Waals surface area contributed by atoms with Gasteiger partial charge in [0, 0.05) is 25.2 Å². The zero-order valence-electron chi connectivity index (χ0n) is 19.9. The molecular formula is C26H40O5. The van der Waals surface area contributed by atoms with E-state index in [2.05, 4.69) is 27.0 Å². The standard InChI is InChI=1S/C26H40O5/c1-8-9-22(28)31-26(7)13-12-20(29-18(6)27)17(5)14-21-23-16(4)10-11-19(15(2)3)24(23)25(26)30-21/h15,19-21,23-25H,4-5,8-14H2,1-3,6-7H3/t19-,20+,21-,23-,24-,25-,26+/m0/s1. The molecule has 5 heteroatoms. The van der Waals surface area contributed by atoms with Gasteiger partial charge in [-0.1, -0.05) is 39.5 Å². The first-order valence-electron chi connectivity index (χ1n) is 12.0. The quantitative estimate of drug-likeness (QED) is 0.431. The summed E-state index contributed by atoms with van der Waals surface area (Å²) in [5, 5.41) is 0. The van der Waals surface area contributed by atoms with Crippen LogP contribution in [0, 0.1) is 23.7 Å². The van der Waals surface area contributed by atoms with Crippen LogP contribution in [-0.4, -0.2) is 35.9 Å². The summed E-state index contributed by atoms with van der Waals surface area (Å²) in [5.74, 6) is 0.979. The molecule has 0 aromatic carbocycles. The van der Waals surface area contributed by atoms with Crippen molar-refractivity contribution < 1.29 is 23.8 Å². The third kappa shape index (κ3) is 4.92. The van der Waals surface area contributed by atoms with Crippen molar-refractivity contribution in [3.8, 4) is 0 Å². The second kappa shape index (κ2) is 9.48. The topological polar surface area (TPSA) is 61.8 Å². The highest BCUT2D eigenvalue weighted by Gasteiger charge is 2.58. The maximum absolute atomic E-state index is 12.6. The summed E-state index contributed by atoms with van der Waals surface area (Å²) in [5.41, 5.74) is 1.33. The molecule has 0 aromatic heterocycles. The molecule has 2 saturated heterocycles. The number of esters is 2. The molecule has 3 aliphatic rings. The number of carbonyl (C=O) groups excluding carboxylic acids is 2. The molecule has 1 saturated carbocycles. The predicted octanol–water partition coefficient (Wildman–Crippen LogP) is 5.38. The highest BCUT2D eigenvalue weighted by atomic mass is 16.6. The van der Waals surface area contributed by atoms with E-state index in [4.69, 9.17) is 14.2 Å². The van der Waals surface area contributed by atoms with E-state index in [1.165, 1.54) is 12.5 Å². The van der Waals surface area contributed by atoms with E-state index in [9.17, 15) is 9.59 Å². The Morgan fingerprint density at radius 3 is 2.55 bits per heavy atom. The molecular weight excluding hydrogens is 392 g/mol. The van der Waals surface area contributed by atoms with Crippen molar-refractivity contribution in [2.45, 2.75) is 103 Å². The Kier molecular flexibility index (Phi) is 7.35. The molecule has 0 spiro atoms. The van der Waals surface area contributed by atoms with Crippen LogP contribution in [0.1, 0.15) is 79.6 Å². The fraction of sp³-hybridized carbons (Fsp3) is 0.769. The predicted molar refractivity (Wildman–Crippen MR) is 120 cm³/mol. The fourth-order valence-electron chi connectivity index (χ4n) is 6.16. The van der Waals surface area contributed by atoms with Crippen LogP contribution in [0.25, 0.3) is 0 Å². The average molecular weight is 433 g/mol. The van der Waals surface area contributed by atoms with Gasteiger partial charge in [0.1, 0.15) is 17.8 Å². The second-order valence-electron chi connectivity index (χ2n) is 10.3. The lowest BCUT2D eigenvalue weighted by atomic mass is 9.61. The molecule has 0 aromatic rings. The highest BCUT2D eigenvalue weighted by Crippen LogP contribution is 2.55. The van der Waals surface area contributed by atoms with E-state index in [0.29, 0.717) is 37.5 Å². The van der Waals surface area contributed by atoms with Crippen LogP contribution >= 0.6 is 0 Å². The maximum atomic E-state index is 12.6. The molecule has 1 aliphatic carbocycles. The van der Waals surface area contributed by atoms with Gasteiger partial charge in [-0.05, 0) is 62.9 Å². The van der Waals surface area contributed by atoms with E-state index in [1.54, 1.807) is 0 Å². The Balaban J connectivity index is 2.02. The number of hydrogen-bond donors (Lipinski definition) is 0. The van der Waals surface area contributed by atoms with E-state index >= 15 is 0 Å². The third-order valence-electron chi connectivity index (χ3n) is 7.64. The Hall–Kier alpha value is -1.62. The molecule has 0 N–H and O–H groups in total. The van der Waals surface area contributed by atoms with Gasteiger partial charge < -0.3 is 14.2 Å². The first-order chi connectivity index (χ1) is 14.6. The summed E-state index contributed by atoms with van der Waals surface area (Å²) < 4.78 is 18.6. The number of hydrogen-bond acceptors (Lipinski definition) is 5. The zero-order chi connectivity index (χ0) is 22.9. The van der Waals surface area contributed by atoms with Crippen molar-refractivity contribution >= 4 is 11.9 Å². The number of rotatable bonds is 5. The van der Waals surface area contributed by atoms with Crippen LogP contribution in [0.2, 0.25) is 0 Å². The van der Waals surface area contributed by atoms with Gasteiger partial charge in [0.05, 0.1) is 6.10 Å². The first-order valence-corrected chi connectivity index (χ1v) is 12.0. The molecule has 5 nitrogen and oxygen atoms in total. The Labute approximate surface area is 187 Å². The van der Waals surface area contributed by atoms with Gasteiger partial charge in [-0.25, -0.2) is 0 Å². The van der Waals surface area contributed by atoms with Crippen molar-refractivity contribution in [2.24, 2.45) is 23.7 Å². The maximum Gasteiger partial charge on any atom is 0.306 e. The molecule has 2 aliphatic heterocycles. The lowest BCUT2D eigenvalue weighted by Gasteiger charge is -2.45. The minimum absolute atomic E-state index is 0.0723. The third-order valence-corrected chi connectivity index (χ3v) is 7.64. The number of carbonyl (C=O) groups is 2. The van der Waals surface area contributed by atoms with E-state index in [-0.39, 0.29) is 42.1 Å². The lowest BCUT2D eigenvalue weighted by Crippen LogP contribution is -2.51. The molecule has 3 fully saturated rings. The van der Waals surface area contributed by atoms with Gasteiger partial charge in [-0.3, -0.25) is 9.59 Å². The second-order valence-corrected chi connectivity index (χ2v) is 10.3. The Morgan fingerprint density at radius 2 is 1.94 bits per heavy atom. The number of ether oxygens (including phenoxy) is 3. The van der Waals surface area contributed by atoms with Crippen molar-refractivity contribution in [2.75, 3.05) is 0 Å². The van der Waals surface area contributed by atoms with Gasteiger partial charge in [-0.2, -0.15) is 0 Å². The van der Waals surface area contributed by atoms with E-state index < -0.39 is 5.60 Å². The molecule has 0 radical (unpaired) electrons. The van der Waals surface area contributed by atoms with Crippen LogP contribution in [-0.2, 0) is 23.8 Å². The molecule has 31 heavy (non-hydrogen) atoms. The van der Waals surface area contributed by atoms with E-state index in [0.717, 1.165) is 24.8 Å². The molecule has 3 rings (SSSR count). The molecule has 0 amide bonds. The van der Waals surface area contributed by atoms with Crippen LogP contribution in [0.3, 0.4) is 0 Å². The molecule has 7 atom stereocenters. The summed E-state index contributed by atoms with van der Waals surface area (Å²) in [6.45, 7) is 18.7. The van der Waals surface area contributed by atoms with Crippen LogP contribution in [0.4, 0.5) is 0 Å². The summed E-state index contributed by atoms with van der Waals surface area (Å²) in [7, 11) is 0. The normalized spacial score (nSPS) is 38.1. The lowest BCUT2D eigenvalue weighted by molar-refractivity contribution is -0.182. The summed E-state index contributed by atoms with van der Waals surface area (Å²) in [6.07, 6.45) is 4.35. The smallest absolute Gasteiger partial charge is 0.306 e. The van der Waals surface area contributed by atoms with Gasteiger partial charge >= 0.3 is 11.9 Å². The monoisotopic (exact) mass is 432 g/mol. The largest absolute Gasteiger partial charge is 0.458 e. The average Bonchev–Trinajstić information content (AvgIpc) is 3.06. The zero-order valence-corrected chi connectivity index (χ0v) is 19.9. The van der Waals surface area contributed by atoms with Crippen molar-refractivity contribution in [3.63, 3.8) is 0 Å². The van der Waals surface area contributed by atoms with Crippen LogP contribution in [0.15, 0.2) is 24.3 Å². The van der Waals surface area contributed by atoms with Gasteiger partial charge in [0.2, 0.25) is 0 Å². The SMILES string of the molecule is C=C1CC[C@@H](C(C)C)[C@H]2[C@@H]1[C@@H]1CC(=C)[C@H](OC(C)=O)CC[C@@](C)(OC(=O)CCC)[C@H]2O1. The van der Waals surface area contributed by atoms with Crippen molar-refractivity contribution in [3.05, 3.63) is 24.3 Å². The van der Waals surface area contributed by atoms with Gasteiger partial charge in [0.15, 0.2) is 0 Å². The summed E-state index contributed by atoms with van der Waals surface area (Å²) in [6, 6.07) is 0. The summed E-state index contributed by atoms with van der Waals surface area (Å²) in [4.78, 5) is 24.4. The Bertz CT molecular complexity index is 725. The molecule has 2 bridgehead atoms. The van der Waals surface area contributed by atoms with Crippen molar-refractivity contribution in [1.82, 2.24) is 0 Å². The van der Waals surface area contributed by atoms with Crippen LogP contribution in [0.5, 0.6) is 0 Å². The van der Waals surface area contributed by atoms with Crippen LogP contribution < -0.4 is 0 Å². The highest BCUT2D eigenvalue weighted by molar-refractivity contribution is 5.70. The fourth-order valence-corrected chi connectivity index (χ4v) is 6.16. The minimum Gasteiger partial charge on any atom is -0.458 e. The minimum atomic E-state index is -0.780. The van der Waals surface area contributed by atoms with Crippen molar-refractivity contribution in [1.29, 1.82) is 0 Å². The van der Waals surface area contributed by atoms with Gasteiger partial charge in [0.25, 0.3) is 0 Å².